The first-order valence-corrected chi connectivity index (χ1v) is 22.8. The fourth-order valence-corrected chi connectivity index (χ4v) is 11.0. The van der Waals surface area contributed by atoms with E-state index in [-0.39, 0.29) is 51.4 Å². The van der Waals surface area contributed by atoms with E-state index < -0.39 is 6.04 Å². The van der Waals surface area contributed by atoms with E-state index in [9.17, 15) is 2.74 Å². The first-order chi connectivity index (χ1) is 32.8. The van der Waals surface area contributed by atoms with Crippen LogP contribution in [0.5, 0.6) is 11.5 Å². The molecule has 0 bridgehead atoms. The largest absolute Gasteiger partial charge is 0.458 e. The Morgan fingerprint density at radius 3 is 2.25 bits per heavy atom. The van der Waals surface area contributed by atoms with Gasteiger partial charge in [-0.05, 0) is 129 Å². The lowest BCUT2D eigenvalue weighted by molar-refractivity contribution is -0.572. The van der Waals surface area contributed by atoms with Gasteiger partial charge in [-0.2, -0.15) is 0 Å². The van der Waals surface area contributed by atoms with E-state index >= 15 is 0 Å². The van der Waals surface area contributed by atoms with Gasteiger partial charge in [0.05, 0.1) is 40.3 Å². The first-order valence-electron chi connectivity index (χ1n) is 25.3. The molecule has 11 rings (SSSR count). The van der Waals surface area contributed by atoms with Crippen LogP contribution in [0.15, 0.2) is 146 Å². The van der Waals surface area contributed by atoms with Crippen molar-refractivity contribution in [3.8, 4) is 39.8 Å². The van der Waals surface area contributed by atoms with Crippen molar-refractivity contribution in [3.63, 3.8) is 0 Å². The molecule has 3 aromatic heterocycles. The average molecular weight is 844 g/mol. The van der Waals surface area contributed by atoms with Gasteiger partial charge >= 0.3 is 0 Å². The Morgan fingerprint density at radius 1 is 0.688 bits per heavy atom. The van der Waals surface area contributed by atoms with E-state index in [1.807, 2.05) is 42.6 Å². The van der Waals surface area contributed by atoms with Crippen LogP contribution in [-0.4, -0.2) is 14.1 Å². The number of imidazole rings is 1. The first kappa shape index (κ1) is 35.0. The SMILES string of the molecule is [2H]c1c([2H])c([2H])c(-c2cc3c4c(c2-[n+]2[c-]n(-c5cccc(Oc6ccc7c8ccccc8n(-c8cc(C(C)(C)C)ccn8)c7c6)c5)c5ccccc52)C(C)(C)CCC4(C)CCCC3(C)C)c([2H])c1[2H]. The van der Waals surface area contributed by atoms with E-state index in [0.717, 1.165) is 82.1 Å². The molecule has 5 heteroatoms. The molecule has 0 spiro atoms. The molecule has 0 saturated heterocycles. The van der Waals surface area contributed by atoms with Crippen LogP contribution in [-0.2, 0) is 21.7 Å². The monoisotopic (exact) mass is 843 g/mol. The van der Waals surface area contributed by atoms with Crippen LogP contribution in [0.25, 0.3) is 61.2 Å². The van der Waals surface area contributed by atoms with Crippen LogP contribution in [0.4, 0.5) is 0 Å². The molecular weight excluding hydrogens is 781 g/mol. The van der Waals surface area contributed by atoms with Crippen molar-refractivity contribution < 1.29 is 16.2 Å². The Hall–Kier alpha value is -6.46. The highest BCUT2D eigenvalue weighted by molar-refractivity contribution is 6.09. The number of aromatic nitrogens is 4. The minimum Gasteiger partial charge on any atom is -0.458 e. The number of para-hydroxylation sites is 3. The quantitative estimate of drug-likeness (QED) is 0.123. The summed E-state index contributed by atoms with van der Waals surface area (Å²) in [6, 6.07) is 35.9. The van der Waals surface area contributed by atoms with Gasteiger partial charge in [-0.15, -0.1) is 0 Å². The molecule has 0 amide bonds. The fraction of sp³-hybridized carbons (Fsp3) is 0.288. The van der Waals surface area contributed by atoms with E-state index in [1.165, 1.54) is 22.3 Å². The lowest BCUT2D eigenvalue weighted by atomic mass is 9.58. The molecule has 0 fully saturated rings. The Bertz CT molecular complexity index is 3570. The van der Waals surface area contributed by atoms with E-state index in [4.69, 9.17) is 13.8 Å². The van der Waals surface area contributed by atoms with Crippen molar-refractivity contribution in [3.05, 3.63) is 174 Å². The molecule has 2 aliphatic carbocycles. The number of rotatable bonds is 6. The highest BCUT2D eigenvalue weighted by Crippen LogP contribution is 2.57. The van der Waals surface area contributed by atoms with E-state index in [0.29, 0.717) is 17.1 Å². The Morgan fingerprint density at radius 2 is 1.44 bits per heavy atom. The zero-order valence-corrected chi connectivity index (χ0v) is 38.2. The summed E-state index contributed by atoms with van der Waals surface area (Å²) in [6.45, 7) is 18.3. The van der Waals surface area contributed by atoms with Gasteiger partial charge < -0.3 is 4.74 Å². The molecule has 1 atom stereocenters. The molecule has 5 nitrogen and oxygen atoms in total. The molecule has 0 radical (unpaired) electrons. The molecule has 0 saturated carbocycles. The van der Waals surface area contributed by atoms with Crippen LogP contribution in [0.2, 0.25) is 0 Å². The maximum absolute atomic E-state index is 9.39. The summed E-state index contributed by atoms with van der Waals surface area (Å²) in [5.74, 6) is 2.19. The molecule has 0 N–H and O–H groups in total. The highest BCUT2D eigenvalue weighted by atomic mass is 16.5. The summed E-state index contributed by atoms with van der Waals surface area (Å²) in [4.78, 5) is 4.88. The lowest BCUT2D eigenvalue weighted by Crippen LogP contribution is -2.43. The third-order valence-corrected chi connectivity index (χ3v) is 14.5. The number of hydrogen-bond donors (Lipinski definition) is 0. The second-order valence-electron chi connectivity index (χ2n) is 20.8. The Balaban J connectivity index is 1.10. The minimum absolute atomic E-state index is 0.0459. The smallest absolute Gasteiger partial charge is 0.269 e. The van der Waals surface area contributed by atoms with Gasteiger partial charge in [0.2, 0.25) is 0 Å². The number of pyridine rings is 1. The van der Waals surface area contributed by atoms with Crippen LogP contribution >= 0.6 is 0 Å². The van der Waals surface area contributed by atoms with E-state index in [2.05, 4.69) is 148 Å². The van der Waals surface area contributed by atoms with Gasteiger partial charge in [-0.25, -0.2) is 4.98 Å². The summed E-state index contributed by atoms with van der Waals surface area (Å²) >= 11 is 0. The third-order valence-electron chi connectivity index (χ3n) is 14.5. The maximum atomic E-state index is 9.39. The standard InChI is InChI=1S/C59H58N4O/c1-56(2,3)40-28-33-60-52(34-40)63-48-23-13-12-22-44(48)45-27-26-43(36-51(45)63)64-42-21-16-20-41(35-42)61-38-62(50-25-15-14-24-49(50)61)55-46(39-18-10-9-11-19-39)37-47-53-54(55)58(6,7)31-32-59(53,8)30-17-29-57(47,4)5/h9-16,18-28,33-37H,17,29-32H2,1-8H3/i9D,10D,11D,18D,19D. The molecule has 1 unspecified atom stereocenters. The second kappa shape index (κ2) is 14.5. The molecule has 3 heterocycles. The summed E-state index contributed by atoms with van der Waals surface area (Å²) in [7, 11) is 0. The van der Waals surface area contributed by atoms with Crippen molar-refractivity contribution in [2.75, 3.05) is 0 Å². The third kappa shape index (κ3) is 6.49. The van der Waals surface area contributed by atoms with Crippen molar-refractivity contribution in [1.82, 2.24) is 14.1 Å². The predicted octanol–water partition coefficient (Wildman–Crippen LogP) is 14.7. The fourth-order valence-electron chi connectivity index (χ4n) is 11.0. The van der Waals surface area contributed by atoms with Gasteiger partial charge in [0.25, 0.3) is 6.33 Å². The van der Waals surface area contributed by atoms with Crippen LogP contribution in [0.3, 0.4) is 0 Å². The van der Waals surface area contributed by atoms with Gasteiger partial charge in [-0.1, -0.05) is 147 Å². The number of hydrogen-bond acceptors (Lipinski definition) is 2. The number of ether oxygens (including phenoxy) is 1. The zero-order valence-electron chi connectivity index (χ0n) is 43.2. The van der Waals surface area contributed by atoms with Gasteiger partial charge in [0.1, 0.15) is 17.3 Å². The summed E-state index contributed by atoms with van der Waals surface area (Å²) < 4.78 is 58.2. The Kier molecular flexibility index (Phi) is 7.94. The topological polar surface area (TPSA) is 35.9 Å². The number of nitrogens with zero attached hydrogens (tertiary/aromatic N) is 4. The van der Waals surface area contributed by atoms with Crippen molar-refractivity contribution >= 4 is 32.8 Å². The zero-order chi connectivity index (χ0) is 48.5. The van der Waals surface area contributed by atoms with Crippen LogP contribution in [0.1, 0.15) is 117 Å². The van der Waals surface area contributed by atoms with Crippen molar-refractivity contribution in [2.24, 2.45) is 0 Å². The lowest BCUT2D eigenvalue weighted by Gasteiger charge is -2.47. The highest BCUT2D eigenvalue weighted by Gasteiger charge is 2.47. The van der Waals surface area contributed by atoms with E-state index in [1.54, 1.807) is 0 Å². The minimum atomic E-state index is -0.400. The Labute approximate surface area is 385 Å². The molecule has 2 aliphatic rings. The second-order valence-corrected chi connectivity index (χ2v) is 20.8. The number of benzene rings is 6. The summed E-state index contributed by atoms with van der Waals surface area (Å²) in [5.41, 5.74) is 10.6. The van der Waals surface area contributed by atoms with Gasteiger partial charge in [-0.3, -0.25) is 13.7 Å². The number of fused-ring (bicyclic) bond motifs is 4. The average Bonchev–Trinajstić information content (AvgIpc) is 3.84. The molecular formula is C59H58N4O. The van der Waals surface area contributed by atoms with Crippen molar-refractivity contribution in [2.45, 2.75) is 109 Å². The predicted molar refractivity (Wildman–Crippen MR) is 263 cm³/mol. The van der Waals surface area contributed by atoms with Crippen molar-refractivity contribution in [1.29, 1.82) is 0 Å². The van der Waals surface area contributed by atoms with Gasteiger partial charge in [0.15, 0.2) is 0 Å². The molecule has 9 aromatic rings. The molecule has 6 aromatic carbocycles. The molecule has 0 aliphatic heterocycles. The normalized spacial score (nSPS) is 19.1. The summed E-state index contributed by atoms with van der Waals surface area (Å²) in [6.07, 6.45) is 10.8. The van der Waals surface area contributed by atoms with Gasteiger partial charge in [0, 0.05) is 23.0 Å². The van der Waals surface area contributed by atoms with Crippen LogP contribution < -0.4 is 9.30 Å². The molecule has 64 heavy (non-hydrogen) atoms. The van der Waals surface area contributed by atoms with Crippen LogP contribution in [0, 0.1) is 6.33 Å². The maximum Gasteiger partial charge on any atom is 0.269 e. The molecule has 320 valence electrons. The summed E-state index contributed by atoms with van der Waals surface area (Å²) in [5, 5.41) is 2.25.